The first-order chi connectivity index (χ1) is 13.0. The molecule has 2 aliphatic carbocycles. The van der Waals surface area contributed by atoms with Gasteiger partial charge >= 0.3 is 0 Å². The Morgan fingerprint density at radius 2 is 1.89 bits per heavy atom. The lowest BCUT2D eigenvalue weighted by Gasteiger charge is -2.37. The van der Waals surface area contributed by atoms with Crippen LogP contribution in [0.4, 0.5) is 0 Å². The molecule has 5 nitrogen and oxygen atoms in total. The van der Waals surface area contributed by atoms with E-state index in [1.165, 1.54) is 30.4 Å². The third-order valence-electron chi connectivity index (χ3n) is 6.89. The molecule has 2 fully saturated rings. The van der Waals surface area contributed by atoms with Crippen molar-refractivity contribution >= 4 is 5.96 Å². The van der Waals surface area contributed by atoms with Crippen LogP contribution in [0.5, 0.6) is 0 Å². The van der Waals surface area contributed by atoms with Crippen molar-refractivity contribution in [3.8, 4) is 0 Å². The Morgan fingerprint density at radius 3 is 2.44 bits per heavy atom. The third kappa shape index (κ3) is 3.85. The Morgan fingerprint density at radius 1 is 1.22 bits per heavy atom. The highest BCUT2D eigenvalue weighted by atomic mass is 15.3. The van der Waals surface area contributed by atoms with Crippen LogP contribution in [0.2, 0.25) is 0 Å². The Bertz CT molecular complexity index is 669. The Hall–Kier alpha value is -1.59. The molecule has 1 saturated carbocycles. The van der Waals surface area contributed by atoms with E-state index in [1.807, 2.05) is 7.05 Å². The standard InChI is InChI=1S/C22H35N5/c1-16-11-19(14-27(16)20-9-10-20)25-21(23-2)24-15-22(26(3)4)12-17-7-5-6-8-18(17)13-22/h5-8,16,19-20H,9-15H2,1-4H3,(H2,23,24,25). The summed E-state index contributed by atoms with van der Waals surface area (Å²) in [4.78, 5) is 9.59. The molecule has 27 heavy (non-hydrogen) atoms. The van der Waals surface area contributed by atoms with Crippen molar-refractivity contribution in [2.75, 3.05) is 34.2 Å². The summed E-state index contributed by atoms with van der Waals surface area (Å²) in [5, 5.41) is 7.34. The number of likely N-dealkylation sites (tertiary alicyclic amines) is 1. The van der Waals surface area contributed by atoms with E-state index in [1.54, 1.807) is 0 Å². The van der Waals surface area contributed by atoms with Crippen molar-refractivity contribution in [3.05, 3.63) is 35.4 Å². The lowest BCUT2D eigenvalue weighted by molar-refractivity contribution is 0.164. The summed E-state index contributed by atoms with van der Waals surface area (Å²) in [6, 6.07) is 10.9. The van der Waals surface area contributed by atoms with Crippen molar-refractivity contribution < 1.29 is 0 Å². The van der Waals surface area contributed by atoms with Gasteiger partial charge in [-0.15, -0.1) is 0 Å². The molecule has 1 heterocycles. The molecular weight excluding hydrogens is 334 g/mol. The summed E-state index contributed by atoms with van der Waals surface area (Å²) in [5.41, 5.74) is 3.09. The maximum absolute atomic E-state index is 4.52. The van der Waals surface area contributed by atoms with Crippen LogP contribution in [-0.2, 0) is 12.8 Å². The fourth-order valence-electron chi connectivity index (χ4n) is 4.99. The molecule has 5 heteroatoms. The second kappa shape index (κ2) is 7.44. The van der Waals surface area contributed by atoms with Gasteiger partial charge in [-0.3, -0.25) is 9.89 Å². The van der Waals surface area contributed by atoms with Crippen LogP contribution >= 0.6 is 0 Å². The highest BCUT2D eigenvalue weighted by Crippen LogP contribution is 2.34. The van der Waals surface area contributed by atoms with Crippen molar-refractivity contribution in [1.29, 1.82) is 0 Å². The van der Waals surface area contributed by atoms with Gasteiger partial charge in [0, 0.05) is 43.8 Å². The molecule has 0 aromatic heterocycles. The summed E-state index contributed by atoms with van der Waals surface area (Å²) in [5.74, 6) is 0.946. The normalized spacial score (nSPS) is 27.8. The van der Waals surface area contributed by atoms with Gasteiger partial charge in [-0.25, -0.2) is 0 Å². The number of benzene rings is 1. The van der Waals surface area contributed by atoms with Gasteiger partial charge < -0.3 is 15.5 Å². The van der Waals surface area contributed by atoms with E-state index in [2.05, 4.69) is 70.7 Å². The number of likely N-dealkylation sites (N-methyl/N-ethyl adjacent to an activating group) is 1. The minimum absolute atomic E-state index is 0.115. The molecule has 2 N–H and O–H groups in total. The van der Waals surface area contributed by atoms with Crippen molar-refractivity contribution in [1.82, 2.24) is 20.4 Å². The molecule has 2 unspecified atom stereocenters. The van der Waals surface area contributed by atoms with E-state index in [-0.39, 0.29) is 5.54 Å². The fourth-order valence-corrected chi connectivity index (χ4v) is 4.99. The van der Waals surface area contributed by atoms with Crippen molar-refractivity contribution in [2.24, 2.45) is 4.99 Å². The summed E-state index contributed by atoms with van der Waals surface area (Å²) in [7, 11) is 6.30. The van der Waals surface area contributed by atoms with Crippen molar-refractivity contribution in [3.63, 3.8) is 0 Å². The minimum Gasteiger partial charge on any atom is -0.355 e. The molecule has 1 saturated heterocycles. The van der Waals surface area contributed by atoms with Gasteiger partial charge in [-0.05, 0) is 64.3 Å². The van der Waals surface area contributed by atoms with Gasteiger partial charge in [0.15, 0.2) is 5.96 Å². The van der Waals surface area contributed by atoms with Crippen LogP contribution in [0.3, 0.4) is 0 Å². The summed E-state index contributed by atoms with van der Waals surface area (Å²) in [6.07, 6.45) is 6.17. The predicted molar refractivity (Wildman–Crippen MR) is 112 cm³/mol. The largest absolute Gasteiger partial charge is 0.355 e. The summed E-state index contributed by atoms with van der Waals surface area (Å²) in [6.45, 7) is 4.42. The molecule has 0 radical (unpaired) electrons. The van der Waals surface area contributed by atoms with Crippen molar-refractivity contribution in [2.45, 2.75) is 62.7 Å². The summed E-state index contributed by atoms with van der Waals surface area (Å²) < 4.78 is 0. The lowest BCUT2D eigenvalue weighted by Crippen LogP contribution is -2.56. The first kappa shape index (κ1) is 18.8. The SMILES string of the molecule is CN=C(NCC1(N(C)C)Cc2ccccc2C1)NC1CC(C)N(C2CC2)C1. The maximum atomic E-state index is 4.52. The summed E-state index contributed by atoms with van der Waals surface area (Å²) >= 11 is 0. The van der Waals surface area contributed by atoms with Crippen LogP contribution in [-0.4, -0.2) is 73.7 Å². The van der Waals surface area contributed by atoms with Crippen LogP contribution in [0.1, 0.15) is 37.3 Å². The number of hydrogen-bond acceptors (Lipinski definition) is 3. The first-order valence-electron chi connectivity index (χ1n) is 10.5. The van der Waals surface area contributed by atoms with Crippen LogP contribution < -0.4 is 10.6 Å². The lowest BCUT2D eigenvalue weighted by atomic mass is 9.94. The molecule has 0 spiro atoms. The zero-order valence-corrected chi connectivity index (χ0v) is 17.3. The topological polar surface area (TPSA) is 42.9 Å². The minimum atomic E-state index is 0.115. The molecule has 0 amide bonds. The first-order valence-corrected chi connectivity index (χ1v) is 10.5. The average molecular weight is 370 g/mol. The molecule has 1 aromatic carbocycles. The average Bonchev–Trinajstić information content (AvgIpc) is 3.31. The number of fused-ring (bicyclic) bond motifs is 1. The Kier molecular flexibility index (Phi) is 5.17. The predicted octanol–water partition coefficient (Wildman–Crippen LogP) is 1.88. The Balaban J connectivity index is 1.36. The van der Waals surface area contributed by atoms with E-state index in [9.17, 15) is 0 Å². The highest BCUT2D eigenvalue weighted by molar-refractivity contribution is 5.80. The molecular formula is C22H35N5. The van der Waals surface area contributed by atoms with E-state index < -0.39 is 0 Å². The number of nitrogens with zero attached hydrogens (tertiary/aromatic N) is 3. The monoisotopic (exact) mass is 369 g/mol. The van der Waals surface area contributed by atoms with Gasteiger partial charge in [0.1, 0.15) is 0 Å². The van der Waals surface area contributed by atoms with Gasteiger partial charge in [0.25, 0.3) is 0 Å². The molecule has 0 bridgehead atoms. The van der Waals surface area contributed by atoms with Gasteiger partial charge in [0.05, 0.1) is 0 Å². The van der Waals surface area contributed by atoms with E-state index in [0.717, 1.165) is 37.9 Å². The van der Waals surface area contributed by atoms with Gasteiger partial charge in [0.2, 0.25) is 0 Å². The van der Waals surface area contributed by atoms with Gasteiger partial charge in [-0.2, -0.15) is 0 Å². The zero-order chi connectivity index (χ0) is 19.0. The van der Waals surface area contributed by atoms with E-state index in [0.29, 0.717) is 12.1 Å². The highest BCUT2D eigenvalue weighted by Gasteiger charge is 2.40. The number of aliphatic imine (C=N–C) groups is 1. The molecule has 2 atom stereocenters. The number of nitrogens with one attached hydrogen (secondary N) is 2. The second-order valence-corrected chi connectivity index (χ2v) is 9.02. The maximum Gasteiger partial charge on any atom is 0.191 e. The third-order valence-corrected chi connectivity index (χ3v) is 6.89. The molecule has 1 aliphatic heterocycles. The van der Waals surface area contributed by atoms with Gasteiger partial charge in [-0.1, -0.05) is 24.3 Å². The molecule has 1 aromatic rings. The van der Waals surface area contributed by atoms with Crippen LogP contribution in [0.15, 0.2) is 29.3 Å². The Labute approximate surface area is 164 Å². The molecule has 3 aliphatic rings. The quantitative estimate of drug-likeness (QED) is 0.614. The number of rotatable bonds is 5. The van der Waals surface area contributed by atoms with Crippen LogP contribution in [0.25, 0.3) is 0 Å². The van der Waals surface area contributed by atoms with E-state index >= 15 is 0 Å². The second-order valence-electron chi connectivity index (χ2n) is 9.02. The molecule has 148 valence electrons. The number of guanidine groups is 1. The zero-order valence-electron chi connectivity index (χ0n) is 17.3. The van der Waals surface area contributed by atoms with E-state index in [4.69, 9.17) is 0 Å². The smallest absolute Gasteiger partial charge is 0.191 e. The van der Waals surface area contributed by atoms with Crippen LogP contribution in [0, 0.1) is 0 Å². The number of hydrogen-bond donors (Lipinski definition) is 2. The fraction of sp³-hybridized carbons (Fsp3) is 0.682. The molecule has 4 rings (SSSR count).